The molecule has 3 rings (SSSR count). The molecule has 0 fully saturated rings. The molecule has 0 unspecified atom stereocenters. The number of hydrogen-bond acceptors (Lipinski definition) is 3. The van der Waals surface area contributed by atoms with Crippen molar-refractivity contribution in [3.63, 3.8) is 0 Å². The zero-order valence-electron chi connectivity index (χ0n) is 12.2. The van der Waals surface area contributed by atoms with Crippen molar-refractivity contribution in [1.82, 2.24) is 4.98 Å². The van der Waals surface area contributed by atoms with Gasteiger partial charge in [0.25, 0.3) is 0 Å². The lowest BCUT2D eigenvalue weighted by atomic mass is 10.2. The summed E-state index contributed by atoms with van der Waals surface area (Å²) in [5, 5.41) is 2.01. The summed E-state index contributed by atoms with van der Waals surface area (Å²) in [5.74, 6) is -1.91. The van der Waals surface area contributed by atoms with E-state index >= 15 is 0 Å². The predicted octanol–water partition coefficient (Wildman–Crippen LogP) is 4.96. The lowest BCUT2D eigenvalue weighted by Crippen LogP contribution is -2.29. The average Bonchev–Trinajstić information content (AvgIpc) is 2.90. The van der Waals surface area contributed by atoms with Crippen LogP contribution < -0.4 is 5.32 Å². The minimum absolute atomic E-state index is 0.0600. The number of amides is 1. The lowest BCUT2D eigenvalue weighted by molar-refractivity contribution is -0.167. The van der Waals surface area contributed by atoms with Crippen LogP contribution in [0.2, 0.25) is 5.02 Å². The van der Waals surface area contributed by atoms with Crippen molar-refractivity contribution < 1.29 is 22.4 Å². The summed E-state index contributed by atoms with van der Waals surface area (Å²) >= 11 is 6.08. The molecule has 0 spiro atoms. The van der Waals surface area contributed by atoms with Gasteiger partial charge in [0.1, 0.15) is 5.52 Å². The number of rotatable bonds is 2. The average molecular weight is 355 g/mol. The summed E-state index contributed by atoms with van der Waals surface area (Å²) in [7, 11) is 0. The molecular weight excluding hydrogens is 345 g/mol. The number of fused-ring (bicyclic) bond motifs is 1. The van der Waals surface area contributed by atoms with E-state index in [-0.39, 0.29) is 22.2 Å². The molecule has 4 nitrogen and oxygen atoms in total. The number of aromatic nitrogens is 1. The number of nitrogens with zero attached hydrogens (tertiary/aromatic N) is 1. The first-order valence-electron chi connectivity index (χ1n) is 6.79. The number of benzene rings is 2. The van der Waals surface area contributed by atoms with Crippen molar-refractivity contribution in [2.24, 2.45) is 0 Å². The Labute approximate surface area is 139 Å². The smallest absolute Gasteiger partial charge is 0.436 e. The summed E-state index contributed by atoms with van der Waals surface area (Å²) in [5.41, 5.74) is 2.34. The molecule has 24 heavy (non-hydrogen) atoms. The third-order valence-corrected chi connectivity index (χ3v) is 3.58. The molecule has 8 heteroatoms. The molecule has 0 saturated heterocycles. The molecule has 1 N–H and O–H groups in total. The molecule has 1 amide bonds. The Balaban J connectivity index is 2.00. The van der Waals surface area contributed by atoms with Crippen molar-refractivity contribution in [2.75, 3.05) is 5.32 Å². The molecule has 0 saturated carbocycles. The van der Waals surface area contributed by atoms with Crippen LogP contribution in [0, 0.1) is 6.92 Å². The summed E-state index contributed by atoms with van der Waals surface area (Å²) < 4.78 is 42.6. The standard InChI is InChI=1S/C16H10ClF3N2O2/c1-8-2-5-13-12(6-8)22-14(24-13)10-7-9(3-4-11(10)17)21-15(23)16(18,19)20/h2-7H,1H3,(H,21,23). The minimum Gasteiger partial charge on any atom is -0.436 e. The zero-order valence-corrected chi connectivity index (χ0v) is 13.0. The molecule has 2 aromatic carbocycles. The molecule has 1 aromatic heterocycles. The van der Waals surface area contributed by atoms with Gasteiger partial charge in [0.2, 0.25) is 5.89 Å². The number of aryl methyl sites for hydroxylation is 1. The molecule has 124 valence electrons. The quantitative estimate of drug-likeness (QED) is 0.707. The van der Waals surface area contributed by atoms with E-state index < -0.39 is 12.1 Å². The second-order valence-electron chi connectivity index (χ2n) is 5.14. The number of halogens is 4. The van der Waals surface area contributed by atoms with Crippen LogP contribution in [0.5, 0.6) is 0 Å². The first kappa shape index (κ1) is 16.3. The van der Waals surface area contributed by atoms with Crippen molar-refractivity contribution in [2.45, 2.75) is 13.1 Å². The van der Waals surface area contributed by atoms with Gasteiger partial charge in [-0.05, 0) is 42.8 Å². The molecule has 0 atom stereocenters. The topological polar surface area (TPSA) is 55.1 Å². The van der Waals surface area contributed by atoms with Crippen LogP contribution in [0.4, 0.5) is 18.9 Å². The first-order chi connectivity index (χ1) is 11.2. The fraction of sp³-hybridized carbons (Fsp3) is 0.125. The van der Waals surface area contributed by atoms with Crippen LogP contribution in [0.3, 0.4) is 0 Å². The molecule has 1 heterocycles. The Kier molecular flexibility index (Phi) is 3.96. The van der Waals surface area contributed by atoms with Gasteiger partial charge in [0.05, 0.1) is 10.6 Å². The van der Waals surface area contributed by atoms with Gasteiger partial charge in [-0.15, -0.1) is 0 Å². The first-order valence-corrected chi connectivity index (χ1v) is 7.17. The van der Waals surface area contributed by atoms with Crippen molar-refractivity contribution in [1.29, 1.82) is 0 Å². The Morgan fingerprint density at radius 3 is 2.67 bits per heavy atom. The zero-order chi connectivity index (χ0) is 17.5. The highest BCUT2D eigenvalue weighted by atomic mass is 35.5. The molecule has 0 aliphatic rings. The third kappa shape index (κ3) is 3.21. The normalized spacial score (nSPS) is 11.7. The number of carbonyl (C=O) groups excluding carboxylic acids is 1. The van der Waals surface area contributed by atoms with E-state index in [0.717, 1.165) is 5.56 Å². The van der Waals surface area contributed by atoms with Gasteiger partial charge in [-0.1, -0.05) is 17.7 Å². The Morgan fingerprint density at radius 1 is 1.21 bits per heavy atom. The van der Waals surface area contributed by atoms with E-state index in [0.29, 0.717) is 11.1 Å². The van der Waals surface area contributed by atoms with Gasteiger partial charge >= 0.3 is 12.1 Å². The van der Waals surface area contributed by atoms with E-state index in [1.807, 2.05) is 19.1 Å². The van der Waals surface area contributed by atoms with Crippen LogP contribution in [-0.2, 0) is 4.79 Å². The van der Waals surface area contributed by atoms with Gasteiger partial charge in [-0.25, -0.2) is 4.98 Å². The van der Waals surface area contributed by atoms with Crippen molar-refractivity contribution in [3.05, 3.63) is 47.0 Å². The Bertz CT molecular complexity index is 935. The van der Waals surface area contributed by atoms with Crippen LogP contribution in [0.15, 0.2) is 40.8 Å². The largest absolute Gasteiger partial charge is 0.471 e. The SMILES string of the molecule is Cc1ccc2oc(-c3cc(NC(=O)C(F)(F)F)ccc3Cl)nc2c1. The van der Waals surface area contributed by atoms with Crippen LogP contribution >= 0.6 is 11.6 Å². The second kappa shape index (κ2) is 5.83. The van der Waals surface area contributed by atoms with E-state index in [4.69, 9.17) is 16.0 Å². The van der Waals surface area contributed by atoms with E-state index in [1.165, 1.54) is 18.2 Å². The highest BCUT2D eigenvalue weighted by Crippen LogP contribution is 2.33. The van der Waals surface area contributed by atoms with Gasteiger partial charge in [0, 0.05) is 5.69 Å². The van der Waals surface area contributed by atoms with Crippen molar-refractivity contribution >= 4 is 34.3 Å². The molecule has 0 aliphatic heterocycles. The predicted molar refractivity (Wildman–Crippen MR) is 83.9 cm³/mol. The van der Waals surface area contributed by atoms with Crippen molar-refractivity contribution in [3.8, 4) is 11.5 Å². The minimum atomic E-state index is -4.98. The summed E-state index contributed by atoms with van der Waals surface area (Å²) in [6.07, 6.45) is -4.98. The summed E-state index contributed by atoms with van der Waals surface area (Å²) in [6, 6.07) is 9.31. The highest BCUT2D eigenvalue weighted by molar-refractivity contribution is 6.33. The van der Waals surface area contributed by atoms with Gasteiger partial charge in [0.15, 0.2) is 5.58 Å². The Hall–Kier alpha value is -2.54. The van der Waals surface area contributed by atoms with Gasteiger partial charge in [-0.2, -0.15) is 13.2 Å². The highest BCUT2D eigenvalue weighted by Gasteiger charge is 2.38. The molecule has 0 aliphatic carbocycles. The third-order valence-electron chi connectivity index (χ3n) is 3.26. The number of anilines is 1. The van der Waals surface area contributed by atoms with E-state index in [9.17, 15) is 18.0 Å². The lowest BCUT2D eigenvalue weighted by Gasteiger charge is -2.09. The maximum absolute atomic E-state index is 12.3. The number of oxazole rings is 1. The number of nitrogens with one attached hydrogen (secondary N) is 1. The molecule has 3 aromatic rings. The van der Waals surface area contributed by atoms with Gasteiger partial charge in [-0.3, -0.25) is 4.79 Å². The van der Waals surface area contributed by atoms with E-state index in [1.54, 1.807) is 11.4 Å². The number of carbonyl (C=O) groups is 1. The number of alkyl halides is 3. The fourth-order valence-corrected chi connectivity index (χ4v) is 2.32. The summed E-state index contributed by atoms with van der Waals surface area (Å²) in [4.78, 5) is 15.3. The maximum Gasteiger partial charge on any atom is 0.471 e. The maximum atomic E-state index is 12.3. The van der Waals surface area contributed by atoms with E-state index in [2.05, 4.69) is 4.98 Å². The van der Waals surface area contributed by atoms with Crippen LogP contribution in [0.1, 0.15) is 5.56 Å². The second-order valence-corrected chi connectivity index (χ2v) is 5.54. The van der Waals surface area contributed by atoms with Crippen LogP contribution in [-0.4, -0.2) is 17.1 Å². The molecule has 0 bridgehead atoms. The number of hydrogen-bond donors (Lipinski definition) is 1. The van der Waals surface area contributed by atoms with Gasteiger partial charge < -0.3 is 9.73 Å². The van der Waals surface area contributed by atoms with Crippen LogP contribution in [0.25, 0.3) is 22.6 Å². The monoisotopic (exact) mass is 354 g/mol. The molecular formula is C16H10ClF3N2O2. The molecule has 0 radical (unpaired) electrons. The Morgan fingerprint density at radius 2 is 1.96 bits per heavy atom. The fourth-order valence-electron chi connectivity index (χ4n) is 2.12. The summed E-state index contributed by atoms with van der Waals surface area (Å²) in [6.45, 7) is 1.90.